The first kappa shape index (κ1) is 21.3. The van der Waals surface area contributed by atoms with Crippen molar-refractivity contribution >= 4 is 23.2 Å². The second kappa shape index (κ2) is 8.69. The zero-order valence-electron chi connectivity index (χ0n) is 17.1. The number of hydrogen-bond donors (Lipinski definition) is 0. The Hall–Kier alpha value is -2.90. The lowest BCUT2D eigenvalue weighted by atomic mass is 10.1. The summed E-state index contributed by atoms with van der Waals surface area (Å²) in [6.45, 7) is 2.14. The van der Waals surface area contributed by atoms with Crippen LogP contribution in [0.1, 0.15) is 23.7 Å². The average Bonchev–Trinajstić information content (AvgIpc) is 2.81. The topological polar surface area (TPSA) is 0 Å². The molecule has 0 bridgehead atoms. The van der Waals surface area contributed by atoms with Crippen molar-refractivity contribution < 1.29 is 13.2 Å². The summed E-state index contributed by atoms with van der Waals surface area (Å²) in [7, 11) is -2.20. The van der Waals surface area contributed by atoms with Crippen molar-refractivity contribution in [2.45, 2.75) is 18.8 Å². The predicted molar refractivity (Wildman–Crippen MR) is 125 cm³/mol. The molecule has 31 heavy (non-hydrogen) atoms. The molecule has 0 spiro atoms. The van der Waals surface area contributed by atoms with Gasteiger partial charge in [-0.15, -0.1) is 0 Å². The monoisotopic (exact) mass is 435 g/mol. The van der Waals surface area contributed by atoms with Crippen LogP contribution in [0, 0.1) is 0 Å². The molecule has 0 radical (unpaired) electrons. The Balaban J connectivity index is 1.98. The van der Waals surface area contributed by atoms with Crippen LogP contribution in [0.2, 0.25) is 0 Å². The normalized spacial score (nSPS) is 13.0. The van der Waals surface area contributed by atoms with Crippen LogP contribution in [0.15, 0.2) is 115 Å². The van der Waals surface area contributed by atoms with Crippen LogP contribution in [0.25, 0.3) is 0 Å². The molecule has 0 aliphatic heterocycles. The van der Waals surface area contributed by atoms with Crippen LogP contribution >= 0.6 is 7.26 Å². The van der Waals surface area contributed by atoms with Crippen LogP contribution in [0.4, 0.5) is 13.2 Å². The lowest BCUT2D eigenvalue weighted by Crippen LogP contribution is -2.34. The van der Waals surface area contributed by atoms with E-state index < -0.39 is 19.0 Å². The first-order valence-electron chi connectivity index (χ1n) is 10.2. The highest BCUT2D eigenvalue weighted by atomic mass is 31.2. The van der Waals surface area contributed by atoms with Crippen molar-refractivity contribution in [1.29, 1.82) is 0 Å². The quantitative estimate of drug-likeness (QED) is 0.304. The highest BCUT2D eigenvalue weighted by molar-refractivity contribution is 7.95. The van der Waals surface area contributed by atoms with Crippen molar-refractivity contribution in [3.05, 3.63) is 126 Å². The Kier molecular flexibility index (Phi) is 5.98. The van der Waals surface area contributed by atoms with E-state index in [-0.39, 0.29) is 5.66 Å². The summed E-state index contributed by atoms with van der Waals surface area (Å²) in [6.07, 6.45) is -4.34. The summed E-state index contributed by atoms with van der Waals surface area (Å²) < 4.78 is 39.5. The van der Waals surface area contributed by atoms with Crippen LogP contribution in [-0.4, -0.2) is 0 Å². The summed E-state index contributed by atoms with van der Waals surface area (Å²) in [6, 6.07) is 36.8. The third-order valence-electron chi connectivity index (χ3n) is 5.79. The second-order valence-electron chi connectivity index (χ2n) is 7.53. The fourth-order valence-corrected chi connectivity index (χ4v) is 9.06. The molecule has 0 nitrogen and oxygen atoms in total. The van der Waals surface area contributed by atoms with Crippen LogP contribution in [0.5, 0.6) is 0 Å². The molecule has 4 heteroatoms. The first-order valence-corrected chi connectivity index (χ1v) is 12.0. The molecule has 0 saturated heterocycles. The van der Waals surface area contributed by atoms with Gasteiger partial charge < -0.3 is 0 Å². The molecular weight excluding hydrogens is 412 g/mol. The van der Waals surface area contributed by atoms with Gasteiger partial charge in [0.25, 0.3) is 0 Å². The molecule has 0 aromatic heterocycles. The van der Waals surface area contributed by atoms with E-state index >= 15 is 0 Å². The summed E-state index contributed by atoms with van der Waals surface area (Å²) >= 11 is 0. The van der Waals surface area contributed by atoms with E-state index in [4.69, 9.17) is 0 Å². The van der Waals surface area contributed by atoms with E-state index in [1.54, 1.807) is 12.1 Å². The fraction of sp³-hybridized carbons (Fsp3) is 0.111. The molecule has 4 aromatic rings. The minimum atomic E-state index is -4.34. The van der Waals surface area contributed by atoms with Crippen molar-refractivity contribution in [3.8, 4) is 0 Å². The maximum absolute atomic E-state index is 13.2. The molecule has 4 aromatic carbocycles. The van der Waals surface area contributed by atoms with Gasteiger partial charge in [0.05, 0.1) is 5.56 Å². The number of benzene rings is 4. The lowest BCUT2D eigenvalue weighted by Gasteiger charge is -2.33. The minimum absolute atomic E-state index is 0.0121. The zero-order valence-corrected chi connectivity index (χ0v) is 18.0. The second-order valence-corrected chi connectivity index (χ2v) is 11.3. The van der Waals surface area contributed by atoms with Gasteiger partial charge in [0.1, 0.15) is 28.8 Å². The Labute approximate surface area is 181 Å². The Morgan fingerprint density at radius 1 is 0.548 bits per heavy atom. The molecule has 0 saturated carbocycles. The largest absolute Gasteiger partial charge is 0.416 e. The molecule has 0 amide bonds. The molecule has 0 fully saturated rings. The average molecular weight is 435 g/mol. The van der Waals surface area contributed by atoms with Crippen molar-refractivity contribution in [2.24, 2.45) is 0 Å². The van der Waals surface area contributed by atoms with Gasteiger partial charge >= 0.3 is 6.18 Å². The summed E-state index contributed by atoms with van der Waals surface area (Å²) in [4.78, 5) is 0. The maximum atomic E-state index is 13.2. The van der Waals surface area contributed by atoms with Crippen LogP contribution in [-0.2, 0) is 6.18 Å². The van der Waals surface area contributed by atoms with E-state index in [0.29, 0.717) is 0 Å². The number of rotatable bonds is 5. The smallest absolute Gasteiger partial charge is 0.166 e. The molecule has 4 rings (SSSR count). The SMILES string of the molecule is CC(c1ccc(C(F)(F)F)cc1)[P+](c1ccccc1)(c1ccccc1)c1ccccc1. The summed E-state index contributed by atoms with van der Waals surface area (Å²) in [5.74, 6) is 0. The molecule has 0 N–H and O–H groups in total. The van der Waals surface area contributed by atoms with Crippen molar-refractivity contribution in [2.75, 3.05) is 0 Å². The van der Waals surface area contributed by atoms with E-state index in [9.17, 15) is 13.2 Å². The molecule has 0 aliphatic carbocycles. The fourth-order valence-electron chi connectivity index (χ4n) is 4.28. The van der Waals surface area contributed by atoms with Gasteiger partial charge in [-0.05, 0) is 61.0 Å². The van der Waals surface area contributed by atoms with Gasteiger partial charge in [-0.2, -0.15) is 13.2 Å². The van der Waals surface area contributed by atoms with Gasteiger partial charge in [-0.1, -0.05) is 66.7 Å². The Morgan fingerprint density at radius 3 is 1.23 bits per heavy atom. The summed E-state index contributed by atoms with van der Waals surface area (Å²) in [5.41, 5.74) is 0.270. The summed E-state index contributed by atoms with van der Waals surface area (Å²) in [5, 5.41) is 3.62. The standard InChI is InChI=1S/C27H23F3P/c1-21(22-17-19-23(20-18-22)27(28,29)30)31(24-11-5-2-6-12-24,25-13-7-3-8-14-25)26-15-9-4-10-16-26/h2-21H,1H3/q+1. The molecule has 1 atom stereocenters. The van der Waals surface area contributed by atoms with Crippen molar-refractivity contribution in [1.82, 2.24) is 0 Å². The zero-order chi connectivity index (χ0) is 21.9. The van der Waals surface area contributed by atoms with Crippen molar-refractivity contribution in [3.63, 3.8) is 0 Å². The minimum Gasteiger partial charge on any atom is -0.166 e. The molecule has 0 aliphatic rings. The number of halogens is 3. The van der Waals surface area contributed by atoms with Gasteiger partial charge in [-0.3, -0.25) is 0 Å². The number of alkyl halides is 3. The maximum Gasteiger partial charge on any atom is 0.416 e. The van der Waals surface area contributed by atoms with Gasteiger partial charge in [0.15, 0.2) is 0 Å². The Bertz CT molecular complexity index is 1010. The number of hydrogen-bond acceptors (Lipinski definition) is 0. The molecule has 156 valence electrons. The van der Waals surface area contributed by atoms with Gasteiger partial charge in [0, 0.05) is 0 Å². The van der Waals surface area contributed by atoms with E-state index in [1.807, 2.05) is 54.6 Å². The molecule has 1 unspecified atom stereocenters. The van der Waals surface area contributed by atoms with Crippen LogP contribution < -0.4 is 15.9 Å². The van der Waals surface area contributed by atoms with Gasteiger partial charge in [0.2, 0.25) is 0 Å². The van der Waals surface area contributed by atoms with E-state index in [1.165, 1.54) is 28.0 Å². The first-order chi connectivity index (χ1) is 14.9. The third kappa shape index (κ3) is 4.03. The Morgan fingerprint density at radius 2 is 0.903 bits per heavy atom. The highest BCUT2D eigenvalue weighted by Crippen LogP contribution is 2.66. The highest BCUT2D eigenvalue weighted by Gasteiger charge is 2.50. The third-order valence-corrected chi connectivity index (χ3v) is 10.6. The molecule has 0 heterocycles. The van der Waals surface area contributed by atoms with Gasteiger partial charge in [-0.25, -0.2) is 0 Å². The van der Waals surface area contributed by atoms with Crippen LogP contribution in [0.3, 0.4) is 0 Å². The lowest BCUT2D eigenvalue weighted by molar-refractivity contribution is -0.137. The predicted octanol–water partition coefficient (Wildman–Crippen LogP) is 6.76. The van der Waals surface area contributed by atoms with E-state index in [0.717, 1.165) is 5.56 Å². The van der Waals surface area contributed by atoms with E-state index in [2.05, 4.69) is 43.3 Å². The molecular formula is C27H23F3P+.